The molecule has 2 aliphatic carbocycles. The Morgan fingerprint density at radius 2 is 0.889 bits per heavy atom. The second-order valence-electron chi connectivity index (χ2n) is 16.8. The summed E-state index contributed by atoms with van der Waals surface area (Å²) in [4.78, 5) is 0. The predicted octanol–water partition coefficient (Wildman–Crippen LogP) is 16.4. The van der Waals surface area contributed by atoms with Crippen molar-refractivity contribution in [3.8, 4) is 22.3 Å². The Kier molecular flexibility index (Phi) is 14.3. The molecule has 2 atom stereocenters. The summed E-state index contributed by atoms with van der Waals surface area (Å²) in [6.45, 7) is 14.2. The van der Waals surface area contributed by atoms with Gasteiger partial charge in [-0.05, 0) is 0 Å². The van der Waals surface area contributed by atoms with Crippen molar-refractivity contribution in [2.24, 2.45) is 0 Å². The molecule has 0 heterocycles. The van der Waals surface area contributed by atoms with Gasteiger partial charge in [0.1, 0.15) is 0 Å². The van der Waals surface area contributed by atoms with E-state index in [1.807, 2.05) is 0 Å². The van der Waals surface area contributed by atoms with Gasteiger partial charge in [0.25, 0.3) is 0 Å². The molecule has 6 rings (SSSR count). The molecule has 4 aromatic carbocycles. The third-order valence-electron chi connectivity index (χ3n) is 12.8. The molecule has 0 saturated heterocycles. The summed E-state index contributed by atoms with van der Waals surface area (Å²) in [6.07, 6.45) is 22.0. The third kappa shape index (κ3) is 8.35. The van der Waals surface area contributed by atoms with Crippen molar-refractivity contribution in [1.82, 2.24) is 0 Å². The molecule has 2 aliphatic rings. The van der Waals surface area contributed by atoms with Crippen LogP contribution in [0.1, 0.15) is 145 Å². The average Bonchev–Trinajstić information content (AvgIpc) is 3.75. The first-order chi connectivity index (χ1) is 26.2. The minimum atomic E-state index is -4.85. The molecule has 4 aromatic rings. The molecule has 0 N–H and O–H groups in total. The Balaban J connectivity index is 1.42. The fourth-order valence-corrected chi connectivity index (χ4v) is 41.3. The van der Waals surface area contributed by atoms with E-state index in [4.69, 9.17) is 17.0 Å². The zero-order chi connectivity index (χ0) is 38.3. The average molecular weight is 856 g/mol. The number of rotatable bonds is 19. The maximum absolute atomic E-state index is 8.79. The van der Waals surface area contributed by atoms with Gasteiger partial charge in [-0.3, -0.25) is 0 Å². The fourth-order valence-electron chi connectivity index (χ4n) is 9.79. The van der Waals surface area contributed by atoms with Crippen molar-refractivity contribution in [1.29, 1.82) is 0 Å². The van der Waals surface area contributed by atoms with Crippen molar-refractivity contribution in [3.63, 3.8) is 0 Å². The number of hydrogen-bond donors (Lipinski definition) is 0. The van der Waals surface area contributed by atoms with Crippen LogP contribution in [0.2, 0.25) is 13.1 Å². The van der Waals surface area contributed by atoms with Crippen molar-refractivity contribution < 1.29 is 15.6 Å². The molecule has 0 nitrogen and oxygen atoms in total. The van der Waals surface area contributed by atoms with Crippen molar-refractivity contribution in [2.75, 3.05) is 0 Å². The zero-order valence-electron chi connectivity index (χ0n) is 34.1. The second-order valence-corrected chi connectivity index (χ2v) is 59.3. The Morgan fingerprint density at radius 1 is 0.481 bits per heavy atom. The molecule has 0 aromatic heterocycles. The number of hydrogen-bond acceptors (Lipinski definition) is 0. The number of unbranched alkanes of at least 4 members (excludes halogenated alkanes) is 6. The zero-order valence-corrected chi connectivity index (χ0v) is 39.2. The van der Waals surface area contributed by atoms with Gasteiger partial charge >= 0.3 is 314 Å². The van der Waals surface area contributed by atoms with Crippen molar-refractivity contribution in [2.45, 2.75) is 138 Å². The Bertz CT molecular complexity index is 1800. The van der Waals surface area contributed by atoms with E-state index < -0.39 is 21.5 Å². The van der Waals surface area contributed by atoms with E-state index in [0.717, 1.165) is 38.5 Å². The van der Waals surface area contributed by atoms with Gasteiger partial charge in [0, 0.05) is 0 Å². The van der Waals surface area contributed by atoms with Crippen LogP contribution in [0.5, 0.6) is 0 Å². The summed E-state index contributed by atoms with van der Waals surface area (Å²) in [7, 11) is 17.6. The Labute approximate surface area is 337 Å². The molecule has 287 valence electrons. The molecule has 0 spiro atoms. The predicted molar refractivity (Wildman–Crippen MR) is 241 cm³/mol. The second kappa shape index (κ2) is 18.5. The summed E-state index contributed by atoms with van der Waals surface area (Å²) >= 11 is -4.85. The van der Waals surface area contributed by atoms with Crippen LogP contribution in [-0.4, -0.2) is 5.92 Å². The molecule has 2 unspecified atom stereocenters. The molecule has 0 aliphatic heterocycles. The van der Waals surface area contributed by atoms with E-state index in [0.29, 0.717) is 0 Å². The quantitative estimate of drug-likeness (QED) is 0.0651. The number of aryl methyl sites for hydroxylation is 2. The van der Waals surface area contributed by atoms with Gasteiger partial charge in [0.2, 0.25) is 0 Å². The first-order valence-electron chi connectivity index (χ1n) is 21.6. The molecule has 0 radical (unpaired) electrons. The van der Waals surface area contributed by atoms with Gasteiger partial charge in [0.05, 0.1) is 0 Å². The molecule has 54 heavy (non-hydrogen) atoms. The summed E-state index contributed by atoms with van der Waals surface area (Å²) in [6, 6.07) is 32.8. The number of halogens is 2. The van der Waals surface area contributed by atoms with Crippen LogP contribution in [0.3, 0.4) is 0 Å². The van der Waals surface area contributed by atoms with Gasteiger partial charge in [-0.15, -0.1) is 0 Å². The summed E-state index contributed by atoms with van der Waals surface area (Å²) in [5.41, 5.74) is 16.6. The van der Waals surface area contributed by atoms with E-state index in [1.165, 1.54) is 118 Å². The van der Waals surface area contributed by atoms with Crippen LogP contribution >= 0.6 is 17.0 Å². The van der Waals surface area contributed by atoms with E-state index in [-0.39, 0.29) is 7.25 Å². The molecular formula is C50H65Cl2SiZr. The fraction of sp³-hybridized carbons (Fsp3) is 0.440. The molecule has 0 saturated carbocycles. The first-order valence-corrected chi connectivity index (χ1v) is 37.9. The monoisotopic (exact) mass is 853 g/mol. The van der Waals surface area contributed by atoms with Gasteiger partial charge < -0.3 is 0 Å². The maximum atomic E-state index is 8.79. The van der Waals surface area contributed by atoms with Crippen LogP contribution in [0.25, 0.3) is 34.4 Å². The van der Waals surface area contributed by atoms with Crippen LogP contribution in [-0.2, 0) is 28.4 Å². The molecule has 4 heteroatoms. The van der Waals surface area contributed by atoms with Crippen LogP contribution in [0.15, 0.2) is 96.1 Å². The van der Waals surface area contributed by atoms with Gasteiger partial charge in [-0.1, -0.05) is 26.7 Å². The Hall–Kier alpha value is -1.96. The Morgan fingerprint density at radius 3 is 1.24 bits per heavy atom. The van der Waals surface area contributed by atoms with Crippen LogP contribution in [0, 0.1) is 0 Å². The number of allylic oxidation sites excluding steroid dienone is 2. The SMILES string of the molecule is CCCCCCc1ccc(-c2cccc3c2C=C(CCC)[CH]3[Zr]([Cl])([Cl])([CH]2C(CCC)=Cc3c(-c4ccc(CCCCCC)cc4)cccc32)[SiH](C)C)cc1. The molecule has 0 fully saturated rings. The molecular weight excluding hydrogens is 791 g/mol. The minimum absolute atomic E-state index is 0.126. The van der Waals surface area contributed by atoms with E-state index in [2.05, 4.69) is 138 Å². The molecule has 0 bridgehead atoms. The van der Waals surface area contributed by atoms with Crippen molar-refractivity contribution >= 4 is 35.1 Å². The summed E-state index contributed by atoms with van der Waals surface area (Å²) in [5, 5.41) is 0. The number of fused-ring (bicyclic) bond motifs is 2. The normalized spacial score (nSPS) is 17.2. The van der Waals surface area contributed by atoms with Crippen LogP contribution < -0.4 is 0 Å². The van der Waals surface area contributed by atoms with Gasteiger partial charge in [-0.2, -0.15) is 0 Å². The van der Waals surface area contributed by atoms with Gasteiger partial charge in [-0.25, -0.2) is 0 Å². The van der Waals surface area contributed by atoms with E-state index in [1.54, 1.807) is 0 Å². The topological polar surface area (TPSA) is 0 Å². The summed E-state index contributed by atoms with van der Waals surface area (Å²) in [5.74, 6) is -1.63. The molecule has 0 amide bonds. The van der Waals surface area contributed by atoms with Crippen molar-refractivity contribution in [3.05, 3.63) is 129 Å². The van der Waals surface area contributed by atoms with E-state index in [9.17, 15) is 0 Å². The summed E-state index contributed by atoms with van der Waals surface area (Å²) < 4.78 is 0.252. The standard InChI is InChI=1S/2C24H29.C2H7Si.2ClH.Zr/c2*1-3-5-6-7-10-19-13-15-21(16-14-19)23-12-8-11-22-17-20(9-4-2)18-24(22)23;1-3-2;;;/h2*8,11-18H,3-7,9-10H2,1-2H3;3H,1-2H3;2*1H;/q;;;;;+2/p-2. The third-order valence-corrected chi connectivity index (χ3v) is 64.6. The van der Waals surface area contributed by atoms with Gasteiger partial charge in [0.15, 0.2) is 0 Å². The van der Waals surface area contributed by atoms with E-state index >= 15 is 0 Å². The first kappa shape index (κ1) is 41.7. The number of benzene rings is 4. The van der Waals surface area contributed by atoms with Crippen LogP contribution in [0.4, 0.5) is 0 Å².